The molecule has 3 aromatic rings. The fraction of sp³-hybridized carbons (Fsp3) is 0.370. The lowest BCUT2D eigenvalue weighted by atomic mass is 9.90. The molecule has 0 atom stereocenters. The van der Waals surface area contributed by atoms with Crippen LogP contribution in [0.4, 0.5) is 0 Å². The summed E-state index contributed by atoms with van der Waals surface area (Å²) in [5, 5.41) is 0. The van der Waals surface area contributed by atoms with E-state index in [-0.39, 0.29) is 5.91 Å². The summed E-state index contributed by atoms with van der Waals surface area (Å²) in [6.45, 7) is 4.43. The molecule has 1 saturated heterocycles. The first kappa shape index (κ1) is 22.2. The second kappa shape index (κ2) is 11.5. The summed E-state index contributed by atoms with van der Waals surface area (Å²) in [6, 6.07) is 18.4. The molecule has 1 aliphatic heterocycles. The highest BCUT2D eigenvalue weighted by atomic mass is 16.2. The molecule has 2 aromatic heterocycles. The number of aromatic nitrogens is 2. The van der Waals surface area contributed by atoms with Crippen LogP contribution in [0, 0.1) is 5.92 Å². The summed E-state index contributed by atoms with van der Waals surface area (Å²) in [4.78, 5) is 25.8. The van der Waals surface area contributed by atoms with Gasteiger partial charge in [-0.15, -0.1) is 0 Å². The first-order chi connectivity index (χ1) is 15.8. The number of hydrogen-bond acceptors (Lipinski definition) is 4. The van der Waals surface area contributed by atoms with E-state index < -0.39 is 0 Å². The molecule has 0 bridgehead atoms. The Kier molecular flexibility index (Phi) is 7.99. The average Bonchev–Trinajstić information content (AvgIpc) is 2.87. The number of aryl methyl sites for hydroxylation is 1. The van der Waals surface area contributed by atoms with Crippen LogP contribution in [-0.4, -0.2) is 51.9 Å². The molecule has 1 aliphatic rings. The number of piperidine rings is 1. The molecule has 0 spiro atoms. The van der Waals surface area contributed by atoms with Crippen LogP contribution in [0.5, 0.6) is 0 Å². The van der Waals surface area contributed by atoms with Crippen molar-refractivity contribution in [3.63, 3.8) is 0 Å². The van der Waals surface area contributed by atoms with Gasteiger partial charge in [0.25, 0.3) is 5.91 Å². The third-order valence-electron chi connectivity index (χ3n) is 6.40. The van der Waals surface area contributed by atoms with Crippen molar-refractivity contribution in [2.24, 2.45) is 5.92 Å². The molecule has 166 valence electrons. The van der Waals surface area contributed by atoms with Crippen LogP contribution in [0.3, 0.4) is 0 Å². The van der Waals surface area contributed by atoms with Crippen LogP contribution in [0.1, 0.15) is 40.7 Å². The Labute approximate surface area is 191 Å². The van der Waals surface area contributed by atoms with E-state index >= 15 is 0 Å². The number of likely N-dealkylation sites (tertiary alicyclic amines) is 1. The van der Waals surface area contributed by atoms with Gasteiger partial charge in [0.1, 0.15) is 0 Å². The minimum atomic E-state index is 0.0349. The quantitative estimate of drug-likeness (QED) is 0.505. The summed E-state index contributed by atoms with van der Waals surface area (Å²) in [6.07, 6.45) is 11.8. The number of carbonyl (C=O) groups excluding carboxylic acids is 1. The highest BCUT2D eigenvalue weighted by Gasteiger charge is 2.21. The van der Waals surface area contributed by atoms with Gasteiger partial charge in [-0.1, -0.05) is 30.3 Å². The number of pyridine rings is 2. The molecule has 3 heterocycles. The van der Waals surface area contributed by atoms with Gasteiger partial charge >= 0.3 is 0 Å². The van der Waals surface area contributed by atoms with E-state index in [0.717, 1.165) is 31.1 Å². The van der Waals surface area contributed by atoms with Crippen LogP contribution in [-0.2, 0) is 13.0 Å². The topological polar surface area (TPSA) is 49.3 Å². The molecule has 0 radical (unpaired) electrons. The molecule has 0 unspecified atom stereocenters. The Hall–Kier alpha value is -3.05. The molecule has 5 nitrogen and oxygen atoms in total. The Balaban J connectivity index is 1.28. The van der Waals surface area contributed by atoms with Crippen LogP contribution >= 0.6 is 0 Å². The van der Waals surface area contributed by atoms with E-state index in [9.17, 15) is 4.79 Å². The molecule has 4 rings (SSSR count). The first-order valence-corrected chi connectivity index (χ1v) is 11.6. The fourth-order valence-electron chi connectivity index (χ4n) is 4.41. The SMILES string of the molecule is O=C(c1cccnc1)N(CCN1CCC(CCc2ccccc2)CC1)Cc1ccncc1. The highest BCUT2D eigenvalue weighted by molar-refractivity contribution is 5.93. The van der Waals surface area contributed by atoms with E-state index in [1.54, 1.807) is 24.8 Å². The molecule has 0 N–H and O–H groups in total. The summed E-state index contributed by atoms with van der Waals surface area (Å²) in [5.41, 5.74) is 3.17. The Morgan fingerprint density at radius 3 is 2.41 bits per heavy atom. The van der Waals surface area contributed by atoms with Gasteiger partial charge in [0.2, 0.25) is 0 Å². The third-order valence-corrected chi connectivity index (χ3v) is 6.40. The summed E-state index contributed by atoms with van der Waals surface area (Å²) >= 11 is 0. The van der Waals surface area contributed by atoms with Crippen molar-refractivity contribution in [3.05, 3.63) is 96.1 Å². The van der Waals surface area contributed by atoms with E-state index in [4.69, 9.17) is 0 Å². The molecular weight excluding hydrogens is 396 g/mol. The maximum Gasteiger partial charge on any atom is 0.255 e. The zero-order valence-electron chi connectivity index (χ0n) is 18.6. The molecule has 1 aromatic carbocycles. The van der Waals surface area contributed by atoms with Gasteiger partial charge in [-0.2, -0.15) is 0 Å². The van der Waals surface area contributed by atoms with Gasteiger partial charge in [-0.3, -0.25) is 14.8 Å². The number of hydrogen-bond donors (Lipinski definition) is 0. The van der Waals surface area contributed by atoms with Crippen LogP contribution in [0.25, 0.3) is 0 Å². The van der Waals surface area contributed by atoms with Crippen LogP contribution in [0.15, 0.2) is 79.4 Å². The van der Waals surface area contributed by atoms with E-state index in [1.165, 1.54) is 31.2 Å². The normalized spacial score (nSPS) is 14.9. The standard InChI is InChI=1S/C27H32N4O/c32-27(26-7-4-14-29-21-26)31(22-25-10-15-28-16-11-25)20-19-30-17-12-24(13-18-30)9-8-23-5-2-1-3-6-23/h1-7,10-11,14-16,21,24H,8-9,12-13,17-20,22H2. The Morgan fingerprint density at radius 2 is 1.69 bits per heavy atom. The van der Waals surface area contributed by atoms with E-state index in [2.05, 4.69) is 45.2 Å². The molecule has 1 amide bonds. The molecule has 0 saturated carbocycles. The maximum atomic E-state index is 13.1. The van der Waals surface area contributed by atoms with Crippen molar-refractivity contribution in [1.29, 1.82) is 0 Å². The largest absolute Gasteiger partial charge is 0.333 e. The Bertz CT molecular complexity index is 941. The highest BCUT2D eigenvalue weighted by Crippen LogP contribution is 2.22. The monoisotopic (exact) mass is 428 g/mol. The summed E-state index contributed by atoms with van der Waals surface area (Å²) in [5.74, 6) is 0.837. The molecule has 0 aliphatic carbocycles. The number of benzene rings is 1. The van der Waals surface area contributed by atoms with Crippen LogP contribution in [0.2, 0.25) is 0 Å². The van der Waals surface area contributed by atoms with E-state index in [0.29, 0.717) is 18.7 Å². The molecular formula is C27H32N4O. The first-order valence-electron chi connectivity index (χ1n) is 11.6. The van der Waals surface area contributed by atoms with Crippen molar-refractivity contribution in [2.75, 3.05) is 26.2 Å². The van der Waals surface area contributed by atoms with Gasteiger partial charge in [0.15, 0.2) is 0 Å². The van der Waals surface area contributed by atoms with Crippen molar-refractivity contribution in [1.82, 2.24) is 19.8 Å². The smallest absolute Gasteiger partial charge is 0.255 e. The lowest BCUT2D eigenvalue weighted by Gasteiger charge is -2.34. The predicted octanol–water partition coefficient (Wildman–Crippen LogP) is 4.46. The zero-order chi connectivity index (χ0) is 22.0. The average molecular weight is 429 g/mol. The van der Waals surface area contributed by atoms with Gasteiger partial charge in [0.05, 0.1) is 5.56 Å². The van der Waals surface area contributed by atoms with Crippen LogP contribution < -0.4 is 0 Å². The van der Waals surface area contributed by atoms with Gasteiger partial charge in [-0.25, -0.2) is 0 Å². The fourth-order valence-corrected chi connectivity index (χ4v) is 4.41. The van der Waals surface area contributed by atoms with Crippen molar-refractivity contribution in [3.8, 4) is 0 Å². The lowest BCUT2D eigenvalue weighted by Crippen LogP contribution is -2.41. The Morgan fingerprint density at radius 1 is 0.906 bits per heavy atom. The molecule has 1 fully saturated rings. The summed E-state index contributed by atoms with van der Waals surface area (Å²) in [7, 11) is 0. The summed E-state index contributed by atoms with van der Waals surface area (Å²) < 4.78 is 0. The van der Waals surface area contributed by atoms with Crippen molar-refractivity contribution in [2.45, 2.75) is 32.2 Å². The number of nitrogens with zero attached hydrogens (tertiary/aromatic N) is 4. The van der Waals surface area contributed by atoms with Gasteiger partial charge in [-0.05, 0) is 80.1 Å². The maximum absolute atomic E-state index is 13.1. The van der Waals surface area contributed by atoms with Crippen molar-refractivity contribution < 1.29 is 4.79 Å². The van der Waals surface area contributed by atoms with Gasteiger partial charge in [0, 0.05) is 44.4 Å². The molecule has 32 heavy (non-hydrogen) atoms. The third kappa shape index (κ3) is 6.47. The number of carbonyl (C=O) groups is 1. The second-order valence-electron chi connectivity index (χ2n) is 8.63. The predicted molar refractivity (Wildman–Crippen MR) is 127 cm³/mol. The minimum absolute atomic E-state index is 0.0349. The van der Waals surface area contributed by atoms with Crippen molar-refractivity contribution >= 4 is 5.91 Å². The second-order valence-corrected chi connectivity index (χ2v) is 8.63. The van der Waals surface area contributed by atoms with Gasteiger partial charge < -0.3 is 9.80 Å². The number of amides is 1. The zero-order valence-corrected chi connectivity index (χ0v) is 18.6. The lowest BCUT2D eigenvalue weighted by molar-refractivity contribution is 0.0706. The minimum Gasteiger partial charge on any atom is -0.333 e. The molecule has 5 heteroatoms. The van der Waals surface area contributed by atoms with E-state index in [1.807, 2.05) is 29.2 Å². The number of rotatable bonds is 9.